The Morgan fingerprint density at radius 3 is 2.43 bits per heavy atom. The van der Waals surface area contributed by atoms with Crippen LogP contribution >= 0.6 is 0 Å². The van der Waals surface area contributed by atoms with Crippen LogP contribution in [0, 0.1) is 5.82 Å². The summed E-state index contributed by atoms with van der Waals surface area (Å²) in [6.45, 7) is 2.29. The van der Waals surface area contributed by atoms with Crippen LogP contribution in [0.25, 0.3) is 0 Å². The molecule has 1 fully saturated rings. The first-order valence-corrected chi connectivity index (χ1v) is 7.32. The summed E-state index contributed by atoms with van der Waals surface area (Å²) in [5.74, 6) is -0.567. The third-order valence-corrected chi connectivity index (χ3v) is 3.96. The molecular formula is C16H16F4N2O. The van der Waals surface area contributed by atoms with Crippen molar-refractivity contribution in [3.05, 3.63) is 59.3 Å². The number of hydrogen-bond acceptors (Lipinski definition) is 3. The molecule has 0 spiro atoms. The Kier molecular flexibility index (Phi) is 4.41. The number of alkyl halides is 3. The van der Waals surface area contributed by atoms with Crippen LogP contribution in [0.4, 0.5) is 17.6 Å². The quantitative estimate of drug-likeness (QED) is 0.875. The lowest BCUT2D eigenvalue weighted by atomic mass is 9.95. The zero-order chi connectivity index (χ0) is 16.4. The van der Waals surface area contributed by atoms with E-state index in [2.05, 4.69) is 5.32 Å². The normalized spacial score (nSPS) is 18.1. The molecule has 0 aliphatic carbocycles. The highest BCUT2D eigenvalue weighted by atomic mass is 19.4. The Labute approximate surface area is 130 Å². The van der Waals surface area contributed by atoms with Crippen molar-refractivity contribution in [3.63, 3.8) is 0 Å². The van der Waals surface area contributed by atoms with Gasteiger partial charge in [-0.15, -0.1) is 0 Å². The maximum Gasteiger partial charge on any atom is 0.416 e. The molecule has 1 saturated heterocycles. The highest BCUT2D eigenvalue weighted by Gasteiger charge is 2.39. The Morgan fingerprint density at radius 2 is 1.83 bits per heavy atom. The topological polar surface area (TPSA) is 28.4 Å². The average Bonchev–Trinajstić information content (AvgIpc) is 3.03. The molecule has 23 heavy (non-hydrogen) atoms. The molecule has 0 saturated carbocycles. The van der Waals surface area contributed by atoms with E-state index in [4.69, 9.17) is 4.42 Å². The molecule has 1 N–H and O–H groups in total. The van der Waals surface area contributed by atoms with E-state index < -0.39 is 23.6 Å². The first-order chi connectivity index (χ1) is 11.0. The summed E-state index contributed by atoms with van der Waals surface area (Å²) in [7, 11) is 0. The van der Waals surface area contributed by atoms with E-state index in [1.165, 1.54) is 6.26 Å². The lowest BCUT2D eigenvalue weighted by Crippen LogP contribution is -2.46. The van der Waals surface area contributed by atoms with E-state index in [1.54, 1.807) is 12.1 Å². The van der Waals surface area contributed by atoms with Crippen LogP contribution in [0.3, 0.4) is 0 Å². The van der Waals surface area contributed by atoms with Gasteiger partial charge in [-0.2, -0.15) is 13.2 Å². The van der Waals surface area contributed by atoms with Gasteiger partial charge in [-0.25, -0.2) is 4.39 Å². The summed E-state index contributed by atoms with van der Waals surface area (Å²) < 4.78 is 59.8. The fourth-order valence-electron chi connectivity index (χ4n) is 2.95. The molecule has 7 heteroatoms. The van der Waals surface area contributed by atoms with Crippen LogP contribution in [0.15, 0.2) is 41.0 Å². The van der Waals surface area contributed by atoms with Crippen molar-refractivity contribution in [1.29, 1.82) is 0 Å². The number of nitrogens with one attached hydrogen (secondary N) is 1. The van der Waals surface area contributed by atoms with Crippen molar-refractivity contribution < 1.29 is 22.0 Å². The van der Waals surface area contributed by atoms with Gasteiger partial charge in [0.1, 0.15) is 11.6 Å². The molecule has 1 aromatic heterocycles. The summed E-state index contributed by atoms with van der Waals surface area (Å²) in [5, 5.41) is 3.14. The standard InChI is InChI=1S/C16H16F4N2O/c17-12-4-1-3-11(16(18,19)20)14(12)15(13-5-2-10-23-13)22-8-6-21-7-9-22/h1-5,10,15,21H,6-9H2/t15-/m1/s1. The molecule has 1 atom stereocenters. The molecule has 3 rings (SSSR count). The molecule has 0 bridgehead atoms. The summed E-state index contributed by atoms with van der Waals surface area (Å²) >= 11 is 0. The molecule has 2 aromatic rings. The van der Waals surface area contributed by atoms with Gasteiger partial charge in [0, 0.05) is 31.7 Å². The first-order valence-electron chi connectivity index (χ1n) is 7.32. The summed E-state index contributed by atoms with van der Waals surface area (Å²) in [5.41, 5.74) is -1.34. The van der Waals surface area contributed by atoms with Crippen molar-refractivity contribution in [3.8, 4) is 0 Å². The molecule has 0 amide bonds. The number of nitrogens with zero attached hydrogens (tertiary/aromatic N) is 1. The average molecular weight is 328 g/mol. The molecule has 1 aliphatic rings. The van der Waals surface area contributed by atoms with Crippen LogP contribution in [0.2, 0.25) is 0 Å². The third kappa shape index (κ3) is 3.25. The van der Waals surface area contributed by atoms with Crippen LogP contribution < -0.4 is 5.32 Å². The highest BCUT2D eigenvalue weighted by molar-refractivity contribution is 5.38. The van der Waals surface area contributed by atoms with Crippen LogP contribution in [-0.4, -0.2) is 31.1 Å². The SMILES string of the molecule is Fc1cccc(C(F)(F)F)c1[C@@H](c1ccco1)N1CCNCC1. The molecule has 2 heterocycles. The van der Waals surface area contributed by atoms with Gasteiger partial charge in [0.15, 0.2) is 0 Å². The second-order valence-corrected chi connectivity index (χ2v) is 5.40. The molecule has 1 aliphatic heterocycles. The summed E-state index contributed by atoms with van der Waals surface area (Å²) in [6, 6.07) is 5.33. The van der Waals surface area contributed by atoms with E-state index in [-0.39, 0.29) is 5.56 Å². The van der Waals surface area contributed by atoms with Crippen molar-refractivity contribution >= 4 is 0 Å². The zero-order valence-electron chi connectivity index (χ0n) is 12.2. The van der Waals surface area contributed by atoms with Crippen LogP contribution in [0.1, 0.15) is 22.9 Å². The molecule has 1 aromatic carbocycles. The third-order valence-electron chi connectivity index (χ3n) is 3.96. The van der Waals surface area contributed by atoms with Gasteiger partial charge >= 0.3 is 6.18 Å². The van der Waals surface area contributed by atoms with Crippen molar-refractivity contribution in [2.75, 3.05) is 26.2 Å². The maximum atomic E-state index is 14.4. The predicted molar refractivity (Wildman–Crippen MR) is 76.4 cm³/mol. The van der Waals surface area contributed by atoms with Crippen LogP contribution in [0.5, 0.6) is 0 Å². The lowest BCUT2D eigenvalue weighted by Gasteiger charge is -2.35. The minimum absolute atomic E-state index is 0.308. The monoisotopic (exact) mass is 328 g/mol. The van der Waals surface area contributed by atoms with Gasteiger partial charge in [-0.05, 0) is 24.3 Å². The Hall–Kier alpha value is -1.86. The van der Waals surface area contributed by atoms with E-state index >= 15 is 0 Å². The van der Waals surface area contributed by atoms with Gasteiger partial charge in [-0.1, -0.05) is 6.07 Å². The first kappa shape index (κ1) is 16.0. The number of hydrogen-bond donors (Lipinski definition) is 1. The smallest absolute Gasteiger partial charge is 0.416 e. The summed E-state index contributed by atoms with van der Waals surface area (Å²) in [4.78, 5) is 1.81. The fourth-order valence-corrected chi connectivity index (χ4v) is 2.95. The molecular weight excluding hydrogens is 312 g/mol. The number of furan rings is 1. The highest BCUT2D eigenvalue weighted by Crippen LogP contribution is 2.40. The van der Waals surface area contributed by atoms with Crippen LogP contribution in [-0.2, 0) is 6.18 Å². The molecule has 0 radical (unpaired) electrons. The van der Waals surface area contributed by atoms with Crippen molar-refractivity contribution in [1.82, 2.24) is 10.2 Å². The number of halogens is 4. The van der Waals surface area contributed by atoms with Gasteiger partial charge in [0.05, 0.1) is 17.9 Å². The fraction of sp³-hybridized carbons (Fsp3) is 0.375. The van der Waals surface area contributed by atoms with Gasteiger partial charge in [0.2, 0.25) is 0 Å². The molecule has 0 unspecified atom stereocenters. The van der Waals surface area contributed by atoms with Gasteiger partial charge in [-0.3, -0.25) is 4.90 Å². The lowest BCUT2D eigenvalue weighted by molar-refractivity contribution is -0.139. The minimum Gasteiger partial charge on any atom is -0.467 e. The Balaban J connectivity index is 2.14. The molecule has 124 valence electrons. The van der Waals surface area contributed by atoms with E-state index in [0.717, 1.165) is 18.2 Å². The summed E-state index contributed by atoms with van der Waals surface area (Å²) in [6.07, 6.45) is -3.24. The van der Waals surface area contributed by atoms with Crippen molar-refractivity contribution in [2.45, 2.75) is 12.2 Å². The number of benzene rings is 1. The Morgan fingerprint density at radius 1 is 1.09 bits per heavy atom. The van der Waals surface area contributed by atoms with Gasteiger partial charge in [0.25, 0.3) is 0 Å². The minimum atomic E-state index is -4.63. The largest absolute Gasteiger partial charge is 0.467 e. The maximum absolute atomic E-state index is 14.4. The van der Waals surface area contributed by atoms with E-state index in [0.29, 0.717) is 31.9 Å². The van der Waals surface area contributed by atoms with Crippen molar-refractivity contribution in [2.24, 2.45) is 0 Å². The second kappa shape index (κ2) is 6.33. The van der Waals surface area contributed by atoms with E-state index in [9.17, 15) is 17.6 Å². The number of piperazine rings is 1. The molecule has 3 nitrogen and oxygen atoms in total. The second-order valence-electron chi connectivity index (χ2n) is 5.40. The van der Waals surface area contributed by atoms with Gasteiger partial charge < -0.3 is 9.73 Å². The zero-order valence-corrected chi connectivity index (χ0v) is 12.2. The number of rotatable bonds is 3. The Bertz CT molecular complexity index is 649. The predicted octanol–water partition coefficient (Wildman–Crippen LogP) is 3.43. The van der Waals surface area contributed by atoms with E-state index in [1.807, 2.05) is 4.90 Å².